The molecule has 0 radical (unpaired) electrons. The molecule has 0 saturated carbocycles. The molecule has 3 aromatic carbocycles. The van der Waals surface area contributed by atoms with Crippen molar-refractivity contribution in [1.29, 1.82) is 0 Å². The second-order valence-electron chi connectivity index (χ2n) is 7.37. The van der Waals surface area contributed by atoms with Crippen LogP contribution in [0.25, 0.3) is 0 Å². The quantitative estimate of drug-likeness (QED) is 0.364. The fraction of sp³-hybridized carbons (Fsp3) is 0.240. The van der Waals surface area contributed by atoms with Crippen LogP contribution in [0.4, 0.5) is 10.1 Å². The number of amides is 1. The zero-order valence-electron chi connectivity index (χ0n) is 19.4. The van der Waals surface area contributed by atoms with Gasteiger partial charge in [-0.1, -0.05) is 42.5 Å². The maximum atomic E-state index is 14.6. The number of sulfonamides is 1. The van der Waals surface area contributed by atoms with Crippen LogP contribution < -0.4 is 19.1 Å². The summed E-state index contributed by atoms with van der Waals surface area (Å²) in [5, 5.41) is 2.72. The largest absolute Gasteiger partial charge is 0.493 e. The summed E-state index contributed by atoms with van der Waals surface area (Å²) < 4.78 is 52.8. The Labute approximate surface area is 209 Å². The third-order valence-electron chi connectivity index (χ3n) is 5.03. The molecule has 35 heavy (non-hydrogen) atoms. The van der Waals surface area contributed by atoms with Crippen LogP contribution in [-0.4, -0.2) is 47.4 Å². The highest BCUT2D eigenvalue weighted by molar-refractivity contribution is 7.98. The molecule has 3 rings (SSSR count). The number of carbonyl (C=O) groups excluding carboxylic acids is 1. The number of rotatable bonds is 12. The van der Waals surface area contributed by atoms with E-state index in [0.717, 1.165) is 16.1 Å². The van der Waals surface area contributed by atoms with E-state index in [0.29, 0.717) is 18.0 Å². The number of hydrogen-bond donors (Lipinski definition) is 1. The predicted octanol–water partition coefficient (Wildman–Crippen LogP) is 4.09. The SMILES string of the molecule is COc1ccc(S(=O)(=O)N(CC(=O)NCCSCc2ccccc2)c2ccccc2F)cc1OC. The monoisotopic (exact) mass is 518 g/mol. The number of anilines is 1. The summed E-state index contributed by atoms with van der Waals surface area (Å²) in [6.45, 7) is -0.237. The molecule has 7 nitrogen and oxygen atoms in total. The van der Waals surface area contributed by atoms with Gasteiger partial charge >= 0.3 is 0 Å². The molecule has 0 aliphatic heterocycles. The molecule has 0 aromatic heterocycles. The number of benzene rings is 3. The van der Waals surface area contributed by atoms with Gasteiger partial charge in [-0.05, 0) is 29.8 Å². The fourth-order valence-electron chi connectivity index (χ4n) is 3.27. The van der Waals surface area contributed by atoms with Crippen LogP contribution in [0.3, 0.4) is 0 Å². The van der Waals surface area contributed by atoms with Crippen molar-refractivity contribution in [3.05, 3.63) is 84.2 Å². The summed E-state index contributed by atoms with van der Waals surface area (Å²) in [7, 11) is -1.50. The van der Waals surface area contributed by atoms with Crippen LogP contribution in [0.1, 0.15) is 5.56 Å². The first-order valence-corrected chi connectivity index (χ1v) is 13.3. The Balaban J connectivity index is 1.74. The molecule has 0 spiro atoms. The lowest BCUT2D eigenvalue weighted by Gasteiger charge is -2.25. The Hall–Kier alpha value is -3.24. The zero-order valence-corrected chi connectivity index (χ0v) is 21.1. The average molecular weight is 519 g/mol. The number of carbonyl (C=O) groups is 1. The van der Waals surface area contributed by atoms with Crippen molar-refractivity contribution >= 4 is 33.4 Å². The molecule has 0 atom stereocenters. The van der Waals surface area contributed by atoms with Gasteiger partial charge in [-0.3, -0.25) is 9.10 Å². The summed E-state index contributed by atoms with van der Waals surface area (Å²) >= 11 is 1.64. The summed E-state index contributed by atoms with van der Waals surface area (Å²) in [5.41, 5.74) is 0.950. The minimum atomic E-state index is -4.31. The van der Waals surface area contributed by atoms with E-state index < -0.39 is 28.3 Å². The van der Waals surface area contributed by atoms with Gasteiger partial charge < -0.3 is 14.8 Å². The smallest absolute Gasteiger partial charge is 0.265 e. The van der Waals surface area contributed by atoms with Crippen LogP contribution in [-0.2, 0) is 20.6 Å². The van der Waals surface area contributed by atoms with Gasteiger partial charge in [0.1, 0.15) is 12.4 Å². The Bertz CT molecular complexity index is 1240. The van der Waals surface area contributed by atoms with E-state index in [1.54, 1.807) is 11.8 Å². The number of nitrogens with one attached hydrogen (secondary N) is 1. The van der Waals surface area contributed by atoms with E-state index in [9.17, 15) is 17.6 Å². The second kappa shape index (κ2) is 12.5. The van der Waals surface area contributed by atoms with Crippen molar-refractivity contribution in [2.45, 2.75) is 10.6 Å². The minimum Gasteiger partial charge on any atom is -0.493 e. The third-order valence-corrected chi connectivity index (χ3v) is 7.82. The summed E-state index contributed by atoms with van der Waals surface area (Å²) in [4.78, 5) is 12.5. The van der Waals surface area contributed by atoms with E-state index in [1.165, 1.54) is 56.2 Å². The standard InChI is InChI=1S/C25H27FN2O5S2/c1-32-23-13-12-20(16-24(23)33-2)35(30,31)28(22-11-7-6-10-21(22)26)17-25(29)27-14-15-34-18-19-8-4-3-5-9-19/h3-13,16H,14-15,17-18H2,1-2H3,(H,27,29). The van der Waals surface area contributed by atoms with Crippen LogP contribution in [0.5, 0.6) is 11.5 Å². The van der Waals surface area contributed by atoms with Crippen molar-refractivity contribution in [2.24, 2.45) is 0 Å². The van der Waals surface area contributed by atoms with Crippen molar-refractivity contribution in [3.8, 4) is 11.5 Å². The molecule has 3 aromatic rings. The molecule has 0 unspecified atom stereocenters. The van der Waals surface area contributed by atoms with Crippen LogP contribution in [0, 0.1) is 5.82 Å². The van der Waals surface area contributed by atoms with Gasteiger partial charge in [-0.25, -0.2) is 12.8 Å². The van der Waals surface area contributed by atoms with Crippen LogP contribution in [0.2, 0.25) is 0 Å². The van der Waals surface area contributed by atoms with E-state index in [4.69, 9.17) is 9.47 Å². The summed E-state index contributed by atoms with van der Waals surface area (Å²) in [6, 6.07) is 19.4. The molecular formula is C25H27FN2O5S2. The second-order valence-corrected chi connectivity index (χ2v) is 10.3. The maximum Gasteiger partial charge on any atom is 0.265 e. The van der Waals surface area contributed by atoms with Gasteiger partial charge in [0.05, 0.1) is 24.8 Å². The number of nitrogens with zero attached hydrogens (tertiary/aromatic N) is 1. The Morgan fingerprint density at radius 1 is 0.971 bits per heavy atom. The summed E-state index contributed by atoms with van der Waals surface area (Å²) in [5.74, 6) is 0.672. The lowest BCUT2D eigenvalue weighted by molar-refractivity contribution is -0.119. The highest BCUT2D eigenvalue weighted by atomic mass is 32.2. The van der Waals surface area contributed by atoms with Gasteiger partial charge in [0.15, 0.2) is 11.5 Å². The Kier molecular flexibility index (Phi) is 9.39. The molecular weight excluding hydrogens is 491 g/mol. The molecule has 1 N–H and O–H groups in total. The zero-order chi connectivity index (χ0) is 25.3. The first-order valence-electron chi connectivity index (χ1n) is 10.7. The van der Waals surface area contributed by atoms with Gasteiger partial charge in [-0.2, -0.15) is 11.8 Å². The van der Waals surface area contributed by atoms with Crippen molar-refractivity contribution < 1.29 is 27.1 Å². The van der Waals surface area contributed by atoms with Gasteiger partial charge in [0.25, 0.3) is 10.0 Å². The van der Waals surface area contributed by atoms with Crippen LogP contribution in [0.15, 0.2) is 77.7 Å². The molecule has 0 heterocycles. The van der Waals surface area contributed by atoms with Gasteiger partial charge in [0, 0.05) is 24.1 Å². The molecule has 10 heteroatoms. The third kappa shape index (κ3) is 6.89. The molecule has 186 valence electrons. The Morgan fingerprint density at radius 2 is 1.66 bits per heavy atom. The van der Waals surface area contributed by atoms with E-state index in [2.05, 4.69) is 5.32 Å². The van der Waals surface area contributed by atoms with Crippen LogP contribution >= 0.6 is 11.8 Å². The first-order chi connectivity index (χ1) is 16.9. The highest BCUT2D eigenvalue weighted by Crippen LogP contribution is 2.32. The van der Waals surface area contributed by atoms with E-state index in [-0.39, 0.29) is 16.3 Å². The molecule has 1 amide bonds. The van der Waals surface area contributed by atoms with Crippen molar-refractivity contribution in [3.63, 3.8) is 0 Å². The molecule has 0 aliphatic rings. The lowest BCUT2D eigenvalue weighted by Crippen LogP contribution is -2.41. The molecule has 0 bridgehead atoms. The fourth-order valence-corrected chi connectivity index (χ4v) is 5.53. The maximum absolute atomic E-state index is 14.6. The van der Waals surface area contributed by atoms with Gasteiger partial charge in [-0.15, -0.1) is 0 Å². The highest BCUT2D eigenvalue weighted by Gasteiger charge is 2.30. The number of methoxy groups -OCH3 is 2. The lowest BCUT2D eigenvalue weighted by atomic mass is 10.2. The van der Waals surface area contributed by atoms with E-state index >= 15 is 0 Å². The molecule has 0 aliphatic carbocycles. The average Bonchev–Trinajstić information content (AvgIpc) is 2.87. The minimum absolute atomic E-state index is 0.162. The normalized spacial score (nSPS) is 11.1. The number of ether oxygens (including phenoxy) is 2. The number of para-hydroxylation sites is 1. The molecule has 0 fully saturated rings. The Morgan fingerprint density at radius 3 is 2.34 bits per heavy atom. The number of hydrogen-bond acceptors (Lipinski definition) is 6. The van der Waals surface area contributed by atoms with E-state index in [1.807, 2.05) is 30.3 Å². The molecule has 0 saturated heterocycles. The summed E-state index contributed by atoms with van der Waals surface area (Å²) in [6.07, 6.45) is 0. The van der Waals surface area contributed by atoms with Crippen molar-refractivity contribution in [2.75, 3.05) is 37.4 Å². The van der Waals surface area contributed by atoms with Gasteiger partial charge in [0.2, 0.25) is 5.91 Å². The number of halogens is 1. The van der Waals surface area contributed by atoms with Crippen molar-refractivity contribution in [1.82, 2.24) is 5.32 Å². The topological polar surface area (TPSA) is 84.9 Å². The number of thioether (sulfide) groups is 1. The first kappa shape index (κ1) is 26.4. The predicted molar refractivity (Wildman–Crippen MR) is 136 cm³/mol.